The van der Waals surface area contributed by atoms with Gasteiger partial charge in [0.1, 0.15) is 11.2 Å². The fraction of sp³-hybridized carbons (Fsp3) is 0.417. The Morgan fingerprint density at radius 2 is 2.29 bits per heavy atom. The molecule has 0 radical (unpaired) electrons. The van der Waals surface area contributed by atoms with Crippen LogP contribution < -0.4 is 0 Å². The van der Waals surface area contributed by atoms with E-state index in [2.05, 4.69) is 0 Å². The number of benzene rings is 1. The second kappa shape index (κ2) is 4.63. The van der Waals surface area contributed by atoms with Gasteiger partial charge in [0.2, 0.25) is 0 Å². The van der Waals surface area contributed by atoms with Crippen molar-refractivity contribution >= 4 is 17.6 Å². The molecule has 3 nitrogen and oxygen atoms in total. The van der Waals surface area contributed by atoms with Gasteiger partial charge in [0, 0.05) is 10.6 Å². The fourth-order valence-corrected chi connectivity index (χ4v) is 2.00. The number of halogens is 2. The molecule has 0 spiro atoms. The van der Waals surface area contributed by atoms with Crippen LogP contribution in [0.3, 0.4) is 0 Å². The van der Waals surface area contributed by atoms with Gasteiger partial charge in [-0.1, -0.05) is 11.6 Å². The van der Waals surface area contributed by atoms with Gasteiger partial charge < -0.3 is 9.47 Å². The van der Waals surface area contributed by atoms with Crippen molar-refractivity contribution in [1.82, 2.24) is 0 Å². The summed E-state index contributed by atoms with van der Waals surface area (Å²) in [4.78, 5) is 11.9. The summed E-state index contributed by atoms with van der Waals surface area (Å²) in [5.41, 5.74) is -0.792. The molecule has 1 saturated heterocycles. The van der Waals surface area contributed by atoms with Crippen LogP contribution in [0.15, 0.2) is 18.2 Å². The number of hydrogen-bond donors (Lipinski definition) is 0. The molecule has 1 aromatic carbocycles. The average molecular weight is 259 g/mol. The summed E-state index contributed by atoms with van der Waals surface area (Å²) in [6.07, 6.45) is 0. The highest BCUT2D eigenvalue weighted by atomic mass is 35.5. The zero-order valence-electron chi connectivity index (χ0n) is 9.33. The van der Waals surface area contributed by atoms with Gasteiger partial charge in [0.25, 0.3) is 0 Å². The fourth-order valence-electron chi connectivity index (χ4n) is 1.82. The van der Waals surface area contributed by atoms with Crippen molar-refractivity contribution in [3.05, 3.63) is 34.6 Å². The first kappa shape index (κ1) is 12.3. The molecule has 0 bridgehead atoms. The molecule has 5 heteroatoms. The lowest BCUT2D eigenvalue weighted by molar-refractivity contribution is -0.169. The van der Waals surface area contributed by atoms with E-state index in [1.165, 1.54) is 18.2 Å². The van der Waals surface area contributed by atoms with Crippen molar-refractivity contribution in [2.45, 2.75) is 12.3 Å². The Balaban J connectivity index is 2.41. The molecule has 0 atom stereocenters. The van der Waals surface area contributed by atoms with Gasteiger partial charge in [-0.05, 0) is 25.1 Å². The summed E-state index contributed by atoms with van der Waals surface area (Å²) >= 11 is 5.83. The van der Waals surface area contributed by atoms with Gasteiger partial charge in [0.15, 0.2) is 0 Å². The highest BCUT2D eigenvalue weighted by Crippen LogP contribution is 2.36. The van der Waals surface area contributed by atoms with Crippen LogP contribution in [-0.2, 0) is 19.7 Å². The first-order chi connectivity index (χ1) is 8.10. The average Bonchev–Trinajstić information content (AvgIpc) is 2.22. The van der Waals surface area contributed by atoms with Gasteiger partial charge in [-0.15, -0.1) is 0 Å². The minimum atomic E-state index is -1.04. The third kappa shape index (κ3) is 2.03. The van der Waals surface area contributed by atoms with E-state index >= 15 is 0 Å². The Morgan fingerprint density at radius 3 is 2.82 bits per heavy atom. The van der Waals surface area contributed by atoms with E-state index in [4.69, 9.17) is 21.1 Å². The first-order valence-corrected chi connectivity index (χ1v) is 5.68. The van der Waals surface area contributed by atoms with Crippen molar-refractivity contribution in [3.8, 4) is 0 Å². The number of carbonyl (C=O) groups excluding carboxylic acids is 1. The molecule has 0 amide bonds. The van der Waals surface area contributed by atoms with Crippen molar-refractivity contribution < 1.29 is 18.7 Å². The lowest BCUT2D eigenvalue weighted by Crippen LogP contribution is -2.54. The van der Waals surface area contributed by atoms with E-state index < -0.39 is 17.2 Å². The molecule has 1 aromatic rings. The molecule has 1 heterocycles. The van der Waals surface area contributed by atoms with Crippen LogP contribution in [-0.4, -0.2) is 25.8 Å². The Kier molecular flexibility index (Phi) is 3.35. The highest BCUT2D eigenvalue weighted by molar-refractivity contribution is 6.30. The Labute approximate surface area is 103 Å². The van der Waals surface area contributed by atoms with Gasteiger partial charge >= 0.3 is 5.97 Å². The van der Waals surface area contributed by atoms with Crippen LogP contribution in [0.1, 0.15) is 12.5 Å². The predicted molar refractivity (Wildman–Crippen MR) is 60.5 cm³/mol. The SMILES string of the molecule is CCOC(=O)C1(c2cc(Cl)ccc2F)COC1. The highest BCUT2D eigenvalue weighted by Gasteiger charge is 2.50. The van der Waals surface area contributed by atoms with Crippen LogP contribution in [0.2, 0.25) is 5.02 Å². The summed E-state index contributed by atoms with van der Waals surface area (Å²) in [5.74, 6) is -0.932. The summed E-state index contributed by atoms with van der Waals surface area (Å²) in [6, 6.07) is 4.14. The van der Waals surface area contributed by atoms with Gasteiger partial charge in [-0.25, -0.2) is 4.39 Å². The maximum atomic E-state index is 13.8. The third-order valence-corrected chi connectivity index (χ3v) is 3.04. The van der Waals surface area contributed by atoms with E-state index in [9.17, 15) is 9.18 Å². The van der Waals surface area contributed by atoms with Crippen LogP contribution in [0.4, 0.5) is 4.39 Å². The van der Waals surface area contributed by atoms with Crippen LogP contribution in [0.5, 0.6) is 0 Å². The summed E-state index contributed by atoms with van der Waals surface area (Å²) < 4.78 is 23.8. The van der Waals surface area contributed by atoms with Crippen molar-refractivity contribution in [3.63, 3.8) is 0 Å². The number of ether oxygens (including phenoxy) is 2. The number of esters is 1. The minimum Gasteiger partial charge on any atom is -0.465 e. The van der Waals surface area contributed by atoms with E-state index in [0.29, 0.717) is 5.02 Å². The molecule has 92 valence electrons. The normalized spacial score (nSPS) is 17.4. The molecule has 0 saturated carbocycles. The third-order valence-electron chi connectivity index (χ3n) is 2.81. The first-order valence-electron chi connectivity index (χ1n) is 5.30. The van der Waals surface area contributed by atoms with Gasteiger partial charge in [-0.3, -0.25) is 4.79 Å². The Morgan fingerprint density at radius 1 is 1.59 bits per heavy atom. The maximum Gasteiger partial charge on any atom is 0.321 e. The minimum absolute atomic E-state index is 0.128. The summed E-state index contributed by atoms with van der Waals surface area (Å²) in [7, 11) is 0. The van der Waals surface area contributed by atoms with Crippen molar-refractivity contribution in [2.24, 2.45) is 0 Å². The summed E-state index contributed by atoms with van der Waals surface area (Å²) in [6.45, 7) is 2.22. The Hall–Kier alpha value is -1.13. The molecule has 1 fully saturated rings. The number of carbonyl (C=O) groups is 1. The molecular weight excluding hydrogens is 247 g/mol. The number of rotatable bonds is 3. The van der Waals surface area contributed by atoms with Gasteiger partial charge in [-0.2, -0.15) is 0 Å². The molecule has 17 heavy (non-hydrogen) atoms. The molecule has 0 unspecified atom stereocenters. The largest absolute Gasteiger partial charge is 0.465 e. The second-order valence-corrected chi connectivity index (χ2v) is 4.36. The van der Waals surface area contributed by atoms with Crippen LogP contribution in [0.25, 0.3) is 0 Å². The zero-order chi connectivity index (χ0) is 12.5. The molecule has 1 aliphatic heterocycles. The molecule has 0 aromatic heterocycles. The van der Waals surface area contributed by atoms with Crippen LogP contribution in [0, 0.1) is 5.82 Å². The standard InChI is InChI=1S/C12H12ClFO3/c1-2-17-11(15)12(6-16-7-12)9-5-8(13)3-4-10(9)14/h3-5H,2,6-7H2,1H3. The number of hydrogen-bond acceptors (Lipinski definition) is 3. The van der Waals surface area contributed by atoms with E-state index in [0.717, 1.165) is 0 Å². The van der Waals surface area contributed by atoms with E-state index in [1.807, 2.05) is 0 Å². The second-order valence-electron chi connectivity index (χ2n) is 3.92. The maximum absolute atomic E-state index is 13.8. The molecule has 0 N–H and O–H groups in total. The quantitative estimate of drug-likeness (QED) is 0.781. The smallest absolute Gasteiger partial charge is 0.321 e. The summed E-state index contributed by atoms with van der Waals surface area (Å²) in [5, 5.41) is 0.386. The topological polar surface area (TPSA) is 35.5 Å². The predicted octanol–water partition coefficient (Wildman–Crippen LogP) is 2.31. The lowest BCUT2D eigenvalue weighted by atomic mass is 9.78. The van der Waals surface area contributed by atoms with E-state index in [1.54, 1.807) is 6.92 Å². The van der Waals surface area contributed by atoms with Crippen LogP contribution >= 0.6 is 11.6 Å². The molecule has 2 rings (SSSR count). The molecule has 1 aliphatic rings. The van der Waals surface area contributed by atoms with Crippen molar-refractivity contribution in [1.29, 1.82) is 0 Å². The molecular formula is C12H12ClFO3. The Bertz CT molecular complexity index is 443. The lowest BCUT2D eigenvalue weighted by Gasteiger charge is -2.39. The van der Waals surface area contributed by atoms with Gasteiger partial charge in [0.05, 0.1) is 19.8 Å². The van der Waals surface area contributed by atoms with E-state index in [-0.39, 0.29) is 25.4 Å². The van der Waals surface area contributed by atoms with Crippen molar-refractivity contribution in [2.75, 3.05) is 19.8 Å². The molecule has 0 aliphatic carbocycles. The zero-order valence-corrected chi connectivity index (χ0v) is 10.1. The monoisotopic (exact) mass is 258 g/mol.